The van der Waals surface area contributed by atoms with Crippen molar-refractivity contribution in [2.75, 3.05) is 5.32 Å². The molecule has 1 aromatic heterocycles. The summed E-state index contributed by atoms with van der Waals surface area (Å²) in [7, 11) is 0. The third-order valence-corrected chi connectivity index (χ3v) is 5.01. The summed E-state index contributed by atoms with van der Waals surface area (Å²) in [5.41, 5.74) is 5.97. The van der Waals surface area contributed by atoms with Crippen LogP contribution in [-0.4, -0.2) is 4.98 Å². The van der Waals surface area contributed by atoms with Crippen molar-refractivity contribution in [1.29, 1.82) is 0 Å². The molecule has 4 rings (SSSR count). The highest BCUT2D eigenvalue weighted by atomic mass is 32.2. The molecule has 0 amide bonds. The predicted molar refractivity (Wildman–Crippen MR) is 85.1 cm³/mol. The van der Waals surface area contributed by atoms with Crippen LogP contribution in [0.1, 0.15) is 11.1 Å². The first-order valence-corrected chi connectivity index (χ1v) is 7.48. The van der Waals surface area contributed by atoms with Gasteiger partial charge in [0, 0.05) is 21.4 Å². The Kier molecular flexibility index (Phi) is 2.51. The molecule has 0 bridgehead atoms. The fourth-order valence-corrected chi connectivity index (χ4v) is 3.65. The van der Waals surface area contributed by atoms with E-state index in [2.05, 4.69) is 60.5 Å². The number of nitrogens with one attached hydrogen (secondary N) is 1. The third kappa shape index (κ3) is 1.63. The molecule has 0 saturated heterocycles. The van der Waals surface area contributed by atoms with E-state index in [1.807, 2.05) is 18.0 Å². The Morgan fingerprint density at radius 2 is 1.85 bits per heavy atom. The molecule has 1 aliphatic heterocycles. The van der Waals surface area contributed by atoms with Crippen LogP contribution in [0.5, 0.6) is 0 Å². The monoisotopic (exact) mass is 278 g/mol. The van der Waals surface area contributed by atoms with Gasteiger partial charge in [0.15, 0.2) is 0 Å². The second-order valence-corrected chi connectivity index (χ2v) is 6.21. The number of benzene rings is 2. The molecule has 1 N–H and O–H groups in total. The summed E-state index contributed by atoms with van der Waals surface area (Å²) in [5.74, 6) is 0. The Bertz CT molecular complexity index is 840. The number of aromatic nitrogens is 1. The van der Waals surface area contributed by atoms with Crippen molar-refractivity contribution in [3.05, 3.63) is 53.7 Å². The summed E-state index contributed by atoms with van der Waals surface area (Å²) < 4.78 is 0. The Hall–Kier alpha value is -2.00. The SMILES string of the molecule is Cc1cnc2ccc3c(c2c1C)Nc1ccccc1S3. The summed E-state index contributed by atoms with van der Waals surface area (Å²) in [6, 6.07) is 12.7. The van der Waals surface area contributed by atoms with Gasteiger partial charge in [-0.1, -0.05) is 23.9 Å². The maximum atomic E-state index is 4.56. The number of para-hydroxylation sites is 1. The molecule has 2 nitrogen and oxygen atoms in total. The number of hydrogen-bond donors (Lipinski definition) is 1. The zero-order valence-corrected chi connectivity index (χ0v) is 12.2. The molecule has 2 heterocycles. The van der Waals surface area contributed by atoms with E-state index < -0.39 is 0 Å². The van der Waals surface area contributed by atoms with Crippen molar-refractivity contribution in [2.45, 2.75) is 23.6 Å². The first-order valence-electron chi connectivity index (χ1n) is 6.67. The van der Waals surface area contributed by atoms with Gasteiger partial charge >= 0.3 is 0 Å². The number of nitrogens with zero attached hydrogens (tertiary/aromatic N) is 1. The summed E-state index contributed by atoms with van der Waals surface area (Å²) in [6.45, 7) is 4.29. The highest BCUT2D eigenvalue weighted by Gasteiger charge is 2.19. The van der Waals surface area contributed by atoms with Gasteiger partial charge in [0.1, 0.15) is 0 Å². The van der Waals surface area contributed by atoms with Crippen molar-refractivity contribution < 1.29 is 0 Å². The number of fused-ring (bicyclic) bond motifs is 4. The van der Waals surface area contributed by atoms with E-state index >= 15 is 0 Å². The lowest BCUT2D eigenvalue weighted by Crippen LogP contribution is -2.02. The molecule has 0 unspecified atom stereocenters. The van der Waals surface area contributed by atoms with Crippen LogP contribution >= 0.6 is 11.8 Å². The first kappa shape index (κ1) is 11.8. The molecule has 0 atom stereocenters. The second-order valence-electron chi connectivity index (χ2n) is 5.12. The first-order chi connectivity index (χ1) is 9.74. The highest BCUT2D eigenvalue weighted by Crippen LogP contribution is 2.47. The van der Waals surface area contributed by atoms with Crippen LogP contribution < -0.4 is 5.32 Å². The molecule has 0 spiro atoms. The number of anilines is 2. The van der Waals surface area contributed by atoms with E-state index in [1.54, 1.807) is 0 Å². The summed E-state index contributed by atoms with van der Waals surface area (Å²) in [5, 5.41) is 4.83. The minimum Gasteiger partial charge on any atom is -0.353 e. The lowest BCUT2D eigenvalue weighted by molar-refractivity contribution is 1.26. The predicted octanol–water partition coefficient (Wildman–Crippen LogP) is 5.06. The number of rotatable bonds is 0. The van der Waals surface area contributed by atoms with Gasteiger partial charge in [-0.25, -0.2) is 0 Å². The van der Waals surface area contributed by atoms with Crippen molar-refractivity contribution in [3.63, 3.8) is 0 Å². The van der Waals surface area contributed by atoms with Crippen molar-refractivity contribution in [1.82, 2.24) is 4.98 Å². The zero-order valence-electron chi connectivity index (χ0n) is 11.4. The normalized spacial score (nSPS) is 12.7. The molecule has 20 heavy (non-hydrogen) atoms. The maximum Gasteiger partial charge on any atom is 0.0726 e. The number of pyridine rings is 1. The molecule has 1 aliphatic rings. The summed E-state index contributed by atoms with van der Waals surface area (Å²) >= 11 is 1.82. The van der Waals surface area contributed by atoms with Crippen LogP contribution in [0.25, 0.3) is 10.9 Å². The van der Waals surface area contributed by atoms with Crippen molar-refractivity contribution in [3.8, 4) is 0 Å². The smallest absolute Gasteiger partial charge is 0.0726 e. The minimum absolute atomic E-state index is 1.05. The number of aryl methyl sites for hydroxylation is 2. The van der Waals surface area contributed by atoms with Crippen LogP contribution in [-0.2, 0) is 0 Å². The summed E-state index contributed by atoms with van der Waals surface area (Å²) in [4.78, 5) is 7.10. The second kappa shape index (κ2) is 4.25. The molecule has 0 fully saturated rings. The van der Waals surface area contributed by atoms with Crippen molar-refractivity contribution >= 4 is 34.0 Å². The van der Waals surface area contributed by atoms with Gasteiger partial charge in [0.05, 0.1) is 16.9 Å². The van der Waals surface area contributed by atoms with E-state index in [4.69, 9.17) is 0 Å². The van der Waals surface area contributed by atoms with Crippen LogP contribution in [0, 0.1) is 13.8 Å². The van der Waals surface area contributed by atoms with Gasteiger partial charge in [-0.3, -0.25) is 4.98 Å². The van der Waals surface area contributed by atoms with Gasteiger partial charge in [-0.2, -0.15) is 0 Å². The van der Waals surface area contributed by atoms with Crippen LogP contribution in [0.2, 0.25) is 0 Å². The largest absolute Gasteiger partial charge is 0.353 e. The van der Waals surface area contributed by atoms with E-state index in [9.17, 15) is 0 Å². The minimum atomic E-state index is 1.05. The lowest BCUT2D eigenvalue weighted by atomic mass is 10.0. The standard InChI is InChI=1S/C17H14N2S/c1-10-9-18-13-7-8-15-17(16(13)11(10)2)19-12-5-3-4-6-14(12)20-15/h3-9,19H,1-2H3. The molecular formula is C17H14N2S. The third-order valence-electron chi connectivity index (χ3n) is 3.88. The van der Waals surface area contributed by atoms with Crippen LogP contribution in [0.3, 0.4) is 0 Å². The van der Waals surface area contributed by atoms with E-state index in [1.165, 1.54) is 37.7 Å². The van der Waals surface area contributed by atoms with E-state index in [0.29, 0.717) is 0 Å². The maximum absolute atomic E-state index is 4.56. The fraction of sp³-hybridized carbons (Fsp3) is 0.118. The molecule has 2 aromatic carbocycles. The van der Waals surface area contributed by atoms with Crippen LogP contribution in [0.15, 0.2) is 52.4 Å². The molecule has 3 heteroatoms. The molecular weight excluding hydrogens is 264 g/mol. The summed E-state index contributed by atoms with van der Waals surface area (Å²) in [6.07, 6.45) is 1.95. The Balaban J connectivity index is 2.02. The van der Waals surface area contributed by atoms with E-state index in [0.717, 1.165) is 5.52 Å². The Morgan fingerprint density at radius 1 is 1.00 bits per heavy atom. The topological polar surface area (TPSA) is 24.9 Å². The van der Waals surface area contributed by atoms with Gasteiger partial charge in [-0.15, -0.1) is 0 Å². The van der Waals surface area contributed by atoms with Crippen molar-refractivity contribution in [2.24, 2.45) is 0 Å². The Labute approximate surface area is 122 Å². The molecule has 98 valence electrons. The average molecular weight is 278 g/mol. The molecule has 3 aromatic rings. The van der Waals surface area contributed by atoms with Gasteiger partial charge in [0.2, 0.25) is 0 Å². The van der Waals surface area contributed by atoms with Gasteiger partial charge in [-0.05, 0) is 49.2 Å². The van der Waals surface area contributed by atoms with Crippen LogP contribution in [0.4, 0.5) is 11.4 Å². The quantitative estimate of drug-likeness (QED) is 0.486. The average Bonchev–Trinajstić information content (AvgIpc) is 2.48. The Morgan fingerprint density at radius 3 is 2.75 bits per heavy atom. The van der Waals surface area contributed by atoms with Gasteiger partial charge in [0.25, 0.3) is 0 Å². The lowest BCUT2D eigenvalue weighted by Gasteiger charge is -2.23. The molecule has 0 aliphatic carbocycles. The fourth-order valence-electron chi connectivity index (χ4n) is 2.64. The van der Waals surface area contributed by atoms with Gasteiger partial charge < -0.3 is 5.32 Å². The van der Waals surface area contributed by atoms with E-state index in [-0.39, 0.29) is 0 Å². The highest BCUT2D eigenvalue weighted by molar-refractivity contribution is 7.99. The molecule has 0 radical (unpaired) electrons. The molecule has 0 saturated carbocycles. The zero-order chi connectivity index (χ0) is 13.7. The number of hydrogen-bond acceptors (Lipinski definition) is 3.